The fourth-order valence-corrected chi connectivity index (χ4v) is 2.65. The number of hydrogen-bond acceptors (Lipinski definition) is 7. The lowest BCUT2D eigenvalue weighted by atomic mass is 10.2. The van der Waals surface area contributed by atoms with Gasteiger partial charge in [-0.3, -0.25) is 4.79 Å². The monoisotopic (exact) mass is 387 g/mol. The predicted molar refractivity (Wildman–Crippen MR) is 108 cm³/mol. The van der Waals surface area contributed by atoms with Crippen molar-refractivity contribution in [3.8, 4) is 11.7 Å². The second-order valence-electron chi connectivity index (χ2n) is 5.93. The number of hydrogen-bond donors (Lipinski definition) is 2. The first-order valence-electron chi connectivity index (χ1n) is 8.72. The Morgan fingerprint density at radius 1 is 1.00 bits per heavy atom. The third-order valence-electron chi connectivity index (χ3n) is 4.02. The zero-order valence-electron chi connectivity index (χ0n) is 15.5. The van der Waals surface area contributed by atoms with E-state index in [1.54, 1.807) is 53.6 Å². The molecule has 3 heterocycles. The molecule has 0 atom stereocenters. The lowest BCUT2D eigenvalue weighted by Gasteiger charge is -2.10. The Morgan fingerprint density at radius 2 is 1.83 bits per heavy atom. The summed E-state index contributed by atoms with van der Waals surface area (Å²) in [4.78, 5) is 24.9. The molecule has 9 heteroatoms. The third kappa shape index (κ3) is 4.19. The van der Waals surface area contributed by atoms with E-state index in [1.165, 1.54) is 13.4 Å². The van der Waals surface area contributed by atoms with Crippen molar-refractivity contribution in [1.29, 1.82) is 0 Å². The molecule has 0 aliphatic carbocycles. The van der Waals surface area contributed by atoms with E-state index in [4.69, 9.17) is 4.74 Å². The first-order valence-corrected chi connectivity index (χ1v) is 8.72. The van der Waals surface area contributed by atoms with Gasteiger partial charge in [0.15, 0.2) is 5.82 Å². The van der Waals surface area contributed by atoms with Crippen molar-refractivity contribution in [3.63, 3.8) is 0 Å². The molecule has 1 amide bonds. The third-order valence-corrected chi connectivity index (χ3v) is 4.02. The van der Waals surface area contributed by atoms with Crippen molar-refractivity contribution in [1.82, 2.24) is 24.7 Å². The van der Waals surface area contributed by atoms with Crippen molar-refractivity contribution in [2.75, 3.05) is 17.7 Å². The zero-order valence-corrected chi connectivity index (χ0v) is 15.5. The SMILES string of the molecule is COc1ncccc1C(=O)Nc1ccc(Nc2cc(-n3cccn3)ncn2)cc1. The minimum absolute atomic E-state index is 0.278. The van der Waals surface area contributed by atoms with E-state index in [-0.39, 0.29) is 11.8 Å². The Hall–Kier alpha value is -4.27. The van der Waals surface area contributed by atoms with Crippen LogP contribution in [0.25, 0.3) is 5.82 Å². The highest BCUT2D eigenvalue weighted by molar-refractivity contribution is 6.05. The van der Waals surface area contributed by atoms with Gasteiger partial charge in [0, 0.05) is 36.0 Å². The highest BCUT2D eigenvalue weighted by Crippen LogP contribution is 2.20. The van der Waals surface area contributed by atoms with E-state index >= 15 is 0 Å². The Balaban J connectivity index is 1.45. The molecule has 0 radical (unpaired) electrons. The number of pyridine rings is 1. The van der Waals surface area contributed by atoms with Gasteiger partial charge in [0.1, 0.15) is 17.7 Å². The van der Waals surface area contributed by atoms with Crippen molar-refractivity contribution in [2.24, 2.45) is 0 Å². The maximum absolute atomic E-state index is 12.4. The largest absolute Gasteiger partial charge is 0.480 e. The van der Waals surface area contributed by atoms with E-state index < -0.39 is 0 Å². The van der Waals surface area contributed by atoms with E-state index in [9.17, 15) is 4.79 Å². The molecule has 0 saturated carbocycles. The number of ether oxygens (including phenoxy) is 1. The molecule has 29 heavy (non-hydrogen) atoms. The van der Waals surface area contributed by atoms with Crippen LogP contribution in [0.5, 0.6) is 5.88 Å². The Bertz CT molecular complexity index is 1110. The number of nitrogens with one attached hydrogen (secondary N) is 2. The molecule has 0 fully saturated rings. The molecule has 3 aromatic heterocycles. The Morgan fingerprint density at radius 3 is 2.59 bits per heavy atom. The van der Waals surface area contributed by atoms with Crippen LogP contribution in [-0.2, 0) is 0 Å². The number of methoxy groups -OCH3 is 1. The summed E-state index contributed by atoms with van der Waals surface area (Å²) in [5.74, 6) is 1.26. The van der Waals surface area contributed by atoms with Crippen molar-refractivity contribution < 1.29 is 9.53 Å². The molecule has 0 unspecified atom stereocenters. The van der Waals surface area contributed by atoms with Crippen LogP contribution in [0.15, 0.2) is 73.4 Å². The maximum Gasteiger partial charge on any atom is 0.261 e. The summed E-state index contributed by atoms with van der Waals surface area (Å²) in [6, 6.07) is 14.2. The summed E-state index contributed by atoms with van der Waals surface area (Å²) >= 11 is 0. The number of carbonyl (C=O) groups is 1. The predicted octanol–water partition coefficient (Wildman–Crippen LogP) is 3.06. The summed E-state index contributed by atoms with van der Waals surface area (Å²) in [6.07, 6.45) is 6.53. The van der Waals surface area contributed by atoms with Gasteiger partial charge in [0.25, 0.3) is 5.91 Å². The smallest absolute Gasteiger partial charge is 0.261 e. The number of carbonyl (C=O) groups excluding carboxylic acids is 1. The molecule has 0 aliphatic rings. The summed E-state index contributed by atoms with van der Waals surface area (Å²) in [6.45, 7) is 0. The van der Waals surface area contributed by atoms with Crippen LogP contribution in [0.3, 0.4) is 0 Å². The number of aromatic nitrogens is 5. The van der Waals surface area contributed by atoms with Gasteiger partial charge in [-0.15, -0.1) is 0 Å². The average molecular weight is 387 g/mol. The molecule has 4 aromatic rings. The molecule has 0 aliphatic heterocycles. The van der Waals surface area contributed by atoms with Crippen LogP contribution >= 0.6 is 0 Å². The number of nitrogens with zero attached hydrogens (tertiary/aromatic N) is 5. The van der Waals surface area contributed by atoms with Gasteiger partial charge >= 0.3 is 0 Å². The van der Waals surface area contributed by atoms with Gasteiger partial charge in [-0.25, -0.2) is 19.6 Å². The highest BCUT2D eigenvalue weighted by atomic mass is 16.5. The van der Waals surface area contributed by atoms with Crippen molar-refractivity contribution >= 4 is 23.1 Å². The standard InChI is InChI=1S/C20H17N7O2/c1-29-20-16(4-2-9-21-20)19(28)26-15-7-5-14(6-8-15)25-17-12-18(23-13-22-17)27-11-3-10-24-27/h2-13H,1H3,(H,26,28)(H,22,23,25). The van der Waals surface area contributed by atoms with E-state index in [1.807, 2.05) is 18.2 Å². The average Bonchev–Trinajstić information content (AvgIpc) is 3.30. The zero-order chi connectivity index (χ0) is 20.1. The Kier molecular flexibility index (Phi) is 5.10. The molecular weight excluding hydrogens is 370 g/mol. The minimum Gasteiger partial charge on any atom is -0.480 e. The number of rotatable bonds is 6. The molecule has 1 aromatic carbocycles. The van der Waals surface area contributed by atoms with Crippen molar-refractivity contribution in [2.45, 2.75) is 0 Å². The fraction of sp³-hybridized carbons (Fsp3) is 0.0500. The van der Waals surface area contributed by atoms with Crippen molar-refractivity contribution in [3.05, 3.63) is 79.0 Å². The lowest BCUT2D eigenvalue weighted by Crippen LogP contribution is -2.13. The lowest BCUT2D eigenvalue weighted by molar-refractivity contribution is 0.102. The first kappa shape index (κ1) is 18.1. The molecule has 4 rings (SSSR count). The van der Waals surface area contributed by atoms with Crippen LogP contribution in [-0.4, -0.2) is 37.7 Å². The van der Waals surface area contributed by atoms with Gasteiger partial charge in [-0.2, -0.15) is 5.10 Å². The topological polar surface area (TPSA) is 107 Å². The summed E-state index contributed by atoms with van der Waals surface area (Å²) < 4.78 is 6.78. The quantitative estimate of drug-likeness (QED) is 0.523. The van der Waals surface area contributed by atoms with E-state index in [0.717, 1.165) is 5.69 Å². The van der Waals surface area contributed by atoms with Crippen LogP contribution in [0, 0.1) is 0 Å². The van der Waals surface area contributed by atoms with Gasteiger partial charge in [0.2, 0.25) is 5.88 Å². The van der Waals surface area contributed by atoms with E-state index in [2.05, 4.69) is 30.7 Å². The van der Waals surface area contributed by atoms with Crippen LogP contribution in [0.4, 0.5) is 17.2 Å². The molecule has 0 spiro atoms. The minimum atomic E-state index is -0.296. The van der Waals surface area contributed by atoms with Gasteiger partial charge in [-0.05, 0) is 42.5 Å². The van der Waals surface area contributed by atoms with Gasteiger partial charge in [-0.1, -0.05) is 0 Å². The molecule has 2 N–H and O–H groups in total. The molecule has 0 bridgehead atoms. The van der Waals surface area contributed by atoms with Crippen LogP contribution in [0.2, 0.25) is 0 Å². The molecule has 144 valence electrons. The fourth-order valence-electron chi connectivity index (χ4n) is 2.65. The Labute approximate surface area is 166 Å². The first-order chi connectivity index (χ1) is 14.2. The normalized spacial score (nSPS) is 10.4. The number of benzene rings is 1. The molecule has 9 nitrogen and oxygen atoms in total. The van der Waals surface area contributed by atoms with Crippen LogP contribution in [0.1, 0.15) is 10.4 Å². The van der Waals surface area contributed by atoms with Gasteiger partial charge < -0.3 is 15.4 Å². The van der Waals surface area contributed by atoms with E-state index in [0.29, 0.717) is 22.9 Å². The second-order valence-corrected chi connectivity index (χ2v) is 5.93. The van der Waals surface area contributed by atoms with Gasteiger partial charge in [0.05, 0.1) is 7.11 Å². The maximum atomic E-state index is 12.4. The highest BCUT2D eigenvalue weighted by Gasteiger charge is 2.13. The molecule has 0 saturated heterocycles. The number of amides is 1. The number of anilines is 3. The summed E-state index contributed by atoms with van der Waals surface area (Å²) in [5.41, 5.74) is 1.82. The summed E-state index contributed by atoms with van der Waals surface area (Å²) in [5, 5.41) is 10.2. The second kappa shape index (κ2) is 8.17. The van der Waals surface area contributed by atoms with Crippen LogP contribution < -0.4 is 15.4 Å². The summed E-state index contributed by atoms with van der Waals surface area (Å²) in [7, 11) is 1.48. The molecular formula is C20H17N7O2.